The highest BCUT2D eigenvalue weighted by Crippen LogP contribution is 2.32. The van der Waals surface area contributed by atoms with Crippen LogP contribution in [0.2, 0.25) is 0 Å². The van der Waals surface area contributed by atoms with E-state index in [-0.39, 0.29) is 12.5 Å². The average molecular weight is 259 g/mol. The average Bonchev–Trinajstić information content (AvgIpc) is 2.66. The van der Waals surface area contributed by atoms with Gasteiger partial charge in [-0.05, 0) is 17.7 Å². The standard InChI is InChI=1S/C11H9F4N3/c12-9-2-1-7(5-8(9)11(13,14)15)6-18-4-3-17-10(18)16/h1-5H,6H2,(H2,16,17). The highest BCUT2D eigenvalue weighted by Gasteiger charge is 2.34. The van der Waals surface area contributed by atoms with Crippen LogP contribution in [-0.4, -0.2) is 9.55 Å². The van der Waals surface area contributed by atoms with E-state index in [1.165, 1.54) is 23.0 Å². The van der Waals surface area contributed by atoms with Crippen LogP contribution in [0.25, 0.3) is 0 Å². The van der Waals surface area contributed by atoms with Gasteiger partial charge >= 0.3 is 6.18 Å². The third kappa shape index (κ3) is 2.44. The number of nitrogen functional groups attached to an aromatic ring is 1. The van der Waals surface area contributed by atoms with Crippen molar-refractivity contribution in [2.45, 2.75) is 12.7 Å². The maximum absolute atomic E-state index is 13.1. The first kappa shape index (κ1) is 12.4. The van der Waals surface area contributed by atoms with E-state index in [4.69, 9.17) is 5.73 Å². The summed E-state index contributed by atoms with van der Waals surface area (Å²) in [5.74, 6) is -1.10. The first-order valence-electron chi connectivity index (χ1n) is 5.00. The van der Waals surface area contributed by atoms with E-state index in [2.05, 4.69) is 4.98 Å². The summed E-state index contributed by atoms with van der Waals surface area (Å²) in [6.45, 7) is 0.106. The SMILES string of the molecule is Nc1nccn1Cc1ccc(F)c(C(F)(F)F)c1. The Bertz CT molecular complexity index is 560. The number of benzene rings is 1. The Labute approximate surface area is 99.9 Å². The summed E-state index contributed by atoms with van der Waals surface area (Å²) < 4.78 is 52.0. The fourth-order valence-electron chi connectivity index (χ4n) is 1.56. The van der Waals surface area contributed by atoms with E-state index < -0.39 is 17.6 Å². The minimum absolute atomic E-state index is 0.106. The highest BCUT2D eigenvalue weighted by atomic mass is 19.4. The van der Waals surface area contributed by atoms with Gasteiger partial charge in [0, 0.05) is 12.4 Å². The summed E-state index contributed by atoms with van der Waals surface area (Å²) in [6, 6.07) is 2.85. The van der Waals surface area contributed by atoms with Gasteiger partial charge in [-0.15, -0.1) is 0 Å². The van der Waals surface area contributed by atoms with Crippen molar-refractivity contribution in [3.05, 3.63) is 47.5 Å². The highest BCUT2D eigenvalue weighted by molar-refractivity contribution is 5.29. The van der Waals surface area contributed by atoms with Crippen LogP contribution in [0.3, 0.4) is 0 Å². The second-order valence-electron chi connectivity index (χ2n) is 3.73. The van der Waals surface area contributed by atoms with Gasteiger partial charge in [0.05, 0.1) is 12.1 Å². The molecule has 0 saturated heterocycles. The van der Waals surface area contributed by atoms with Gasteiger partial charge in [0.2, 0.25) is 0 Å². The number of hydrogen-bond acceptors (Lipinski definition) is 2. The molecular weight excluding hydrogens is 250 g/mol. The third-order valence-corrected chi connectivity index (χ3v) is 2.44. The van der Waals surface area contributed by atoms with Gasteiger partial charge in [-0.2, -0.15) is 13.2 Å². The van der Waals surface area contributed by atoms with Crippen molar-refractivity contribution >= 4 is 5.95 Å². The van der Waals surface area contributed by atoms with Crippen molar-refractivity contribution in [3.8, 4) is 0 Å². The molecule has 0 aliphatic heterocycles. The predicted octanol–water partition coefficient (Wildman–Crippen LogP) is 2.67. The van der Waals surface area contributed by atoms with Gasteiger partial charge in [0.1, 0.15) is 5.82 Å². The molecular formula is C11H9F4N3. The van der Waals surface area contributed by atoms with E-state index in [0.29, 0.717) is 5.56 Å². The lowest BCUT2D eigenvalue weighted by Gasteiger charge is -2.11. The number of anilines is 1. The first-order chi connectivity index (χ1) is 8.38. The molecule has 2 N–H and O–H groups in total. The van der Waals surface area contributed by atoms with Crippen LogP contribution in [0.4, 0.5) is 23.5 Å². The number of halogens is 4. The summed E-state index contributed by atoms with van der Waals surface area (Å²) >= 11 is 0. The van der Waals surface area contributed by atoms with Gasteiger partial charge in [-0.3, -0.25) is 0 Å². The summed E-state index contributed by atoms with van der Waals surface area (Å²) in [5.41, 5.74) is 4.52. The second-order valence-corrected chi connectivity index (χ2v) is 3.73. The molecule has 1 aromatic heterocycles. The van der Waals surface area contributed by atoms with Crippen molar-refractivity contribution in [3.63, 3.8) is 0 Å². The molecule has 0 radical (unpaired) electrons. The van der Waals surface area contributed by atoms with Gasteiger partial charge in [0.15, 0.2) is 5.95 Å². The number of aromatic nitrogens is 2. The monoisotopic (exact) mass is 259 g/mol. The van der Waals surface area contributed by atoms with Crippen molar-refractivity contribution in [1.29, 1.82) is 0 Å². The van der Waals surface area contributed by atoms with Crippen LogP contribution in [0.1, 0.15) is 11.1 Å². The van der Waals surface area contributed by atoms with E-state index in [9.17, 15) is 17.6 Å². The molecule has 2 rings (SSSR count). The maximum atomic E-state index is 13.1. The van der Waals surface area contributed by atoms with Crippen LogP contribution in [0.15, 0.2) is 30.6 Å². The molecule has 0 aliphatic rings. The number of hydrogen-bond donors (Lipinski definition) is 1. The zero-order chi connectivity index (χ0) is 13.3. The summed E-state index contributed by atoms with van der Waals surface area (Å²) in [7, 11) is 0. The lowest BCUT2D eigenvalue weighted by atomic mass is 10.1. The largest absolute Gasteiger partial charge is 0.419 e. The van der Waals surface area contributed by atoms with Gasteiger partial charge < -0.3 is 10.3 Å². The van der Waals surface area contributed by atoms with Crippen molar-refractivity contribution in [2.75, 3.05) is 5.73 Å². The minimum Gasteiger partial charge on any atom is -0.369 e. The number of nitrogens with zero attached hydrogens (tertiary/aromatic N) is 2. The molecule has 96 valence electrons. The summed E-state index contributed by atoms with van der Waals surface area (Å²) in [6.07, 6.45) is -1.74. The minimum atomic E-state index is -4.71. The van der Waals surface area contributed by atoms with Crippen molar-refractivity contribution in [2.24, 2.45) is 0 Å². The molecule has 0 amide bonds. The van der Waals surface area contributed by atoms with Crippen LogP contribution in [0.5, 0.6) is 0 Å². The molecule has 1 heterocycles. The first-order valence-corrected chi connectivity index (χ1v) is 5.00. The Morgan fingerprint density at radius 1 is 1.28 bits per heavy atom. The Hall–Kier alpha value is -2.05. The van der Waals surface area contributed by atoms with Crippen LogP contribution in [0, 0.1) is 5.82 Å². The van der Waals surface area contributed by atoms with Crippen LogP contribution in [-0.2, 0) is 12.7 Å². The number of alkyl halides is 3. The third-order valence-electron chi connectivity index (χ3n) is 2.44. The topological polar surface area (TPSA) is 43.8 Å². The molecule has 1 aromatic carbocycles. The molecule has 7 heteroatoms. The molecule has 18 heavy (non-hydrogen) atoms. The van der Waals surface area contributed by atoms with E-state index in [1.54, 1.807) is 0 Å². The van der Waals surface area contributed by atoms with Crippen LogP contribution >= 0.6 is 0 Å². The number of imidazole rings is 1. The normalized spacial score (nSPS) is 11.8. The molecule has 0 fully saturated rings. The molecule has 2 aromatic rings. The van der Waals surface area contributed by atoms with Crippen molar-refractivity contribution < 1.29 is 17.6 Å². The smallest absolute Gasteiger partial charge is 0.369 e. The molecule has 0 spiro atoms. The molecule has 3 nitrogen and oxygen atoms in total. The molecule has 0 unspecified atom stereocenters. The Morgan fingerprint density at radius 3 is 2.56 bits per heavy atom. The number of rotatable bonds is 2. The number of nitrogens with two attached hydrogens (primary N) is 1. The molecule has 0 bridgehead atoms. The van der Waals surface area contributed by atoms with Gasteiger partial charge in [-0.25, -0.2) is 9.37 Å². The summed E-state index contributed by atoms with van der Waals surface area (Å²) in [4.78, 5) is 3.75. The lowest BCUT2D eigenvalue weighted by molar-refractivity contribution is -0.140. The van der Waals surface area contributed by atoms with Crippen molar-refractivity contribution in [1.82, 2.24) is 9.55 Å². The molecule has 0 saturated carbocycles. The maximum Gasteiger partial charge on any atom is 0.419 e. The van der Waals surface area contributed by atoms with Gasteiger partial charge in [0.25, 0.3) is 0 Å². The van der Waals surface area contributed by atoms with Gasteiger partial charge in [-0.1, -0.05) is 6.07 Å². The molecule has 0 atom stereocenters. The Balaban J connectivity index is 2.33. The molecule has 0 aliphatic carbocycles. The van der Waals surface area contributed by atoms with E-state index in [1.807, 2.05) is 0 Å². The lowest BCUT2D eigenvalue weighted by Crippen LogP contribution is -2.10. The predicted molar refractivity (Wildman–Crippen MR) is 57.1 cm³/mol. The van der Waals surface area contributed by atoms with E-state index in [0.717, 1.165) is 12.1 Å². The zero-order valence-corrected chi connectivity index (χ0v) is 9.08. The Morgan fingerprint density at radius 2 is 2.00 bits per heavy atom. The Kier molecular flexibility index (Phi) is 2.98. The second kappa shape index (κ2) is 4.32. The quantitative estimate of drug-likeness (QED) is 0.842. The van der Waals surface area contributed by atoms with Crippen LogP contribution < -0.4 is 5.73 Å². The fourth-order valence-corrected chi connectivity index (χ4v) is 1.56. The van der Waals surface area contributed by atoms with E-state index >= 15 is 0 Å². The zero-order valence-electron chi connectivity index (χ0n) is 9.08. The fraction of sp³-hybridized carbons (Fsp3) is 0.182. The summed E-state index contributed by atoms with van der Waals surface area (Å²) in [5, 5.41) is 0.